The summed E-state index contributed by atoms with van der Waals surface area (Å²) in [6.45, 7) is 3.25. The minimum Gasteiger partial charge on any atom is -0.478 e. The van der Waals surface area contributed by atoms with Crippen molar-refractivity contribution in [2.24, 2.45) is 4.99 Å². The van der Waals surface area contributed by atoms with Gasteiger partial charge in [-0.2, -0.15) is 0 Å². The number of piperazine rings is 1. The Labute approximate surface area is 193 Å². The van der Waals surface area contributed by atoms with Gasteiger partial charge in [0.05, 0.1) is 11.1 Å². The quantitative estimate of drug-likeness (QED) is 0.568. The van der Waals surface area contributed by atoms with Crippen LogP contribution in [0.3, 0.4) is 0 Å². The summed E-state index contributed by atoms with van der Waals surface area (Å²) in [6, 6.07) is 12.8. The zero-order valence-corrected chi connectivity index (χ0v) is 18.6. The van der Waals surface area contributed by atoms with Crippen LogP contribution < -0.4 is 4.74 Å². The largest absolute Gasteiger partial charge is 0.478 e. The van der Waals surface area contributed by atoms with Crippen molar-refractivity contribution < 1.29 is 24.5 Å². The molecule has 2 N–H and O–H groups in total. The van der Waals surface area contributed by atoms with E-state index < -0.39 is 11.9 Å². The maximum Gasteiger partial charge on any atom is 0.336 e. The third kappa shape index (κ3) is 3.85. The first-order valence-electron chi connectivity index (χ1n) is 10.5. The second-order valence-electron chi connectivity index (χ2n) is 7.94. The van der Waals surface area contributed by atoms with Gasteiger partial charge in [-0.25, -0.2) is 14.6 Å². The number of hydrogen-bond donors (Lipinski definition) is 2. The summed E-state index contributed by atoms with van der Waals surface area (Å²) in [5, 5.41) is 20.4. The number of rotatable bonds is 3. The number of carboxylic acids is 2. The molecule has 0 radical (unpaired) electrons. The first kappa shape index (κ1) is 21.2. The van der Waals surface area contributed by atoms with Crippen LogP contribution in [-0.2, 0) is 9.59 Å². The van der Waals surface area contributed by atoms with E-state index in [1.54, 1.807) is 12.1 Å². The number of likely N-dealkylation sites (N-methyl/N-ethyl adjacent to an activating group) is 1. The highest BCUT2D eigenvalue weighted by Gasteiger charge is 2.31. The van der Waals surface area contributed by atoms with Gasteiger partial charge >= 0.3 is 11.9 Å². The Morgan fingerprint density at radius 1 is 1.06 bits per heavy atom. The fourth-order valence-electron chi connectivity index (χ4n) is 4.16. The maximum atomic E-state index is 12.0. The van der Waals surface area contributed by atoms with Crippen molar-refractivity contribution in [2.75, 3.05) is 33.2 Å². The fraction of sp³-hybridized carbons (Fsp3) is 0.208. The lowest BCUT2D eigenvalue weighted by Crippen LogP contribution is -2.47. The van der Waals surface area contributed by atoms with Crippen molar-refractivity contribution in [1.29, 1.82) is 0 Å². The molecule has 0 atom stereocenters. The monoisotopic (exact) mass is 463 g/mol. The Bertz CT molecular complexity index is 1340. The number of ether oxygens (including phenoxy) is 1. The van der Waals surface area contributed by atoms with Gasteiger partial charge in [-0.05, 0) is 30.8 Å². The van der Waals surface area contributed by atoms with E-state index in [1.807, 2.05) is 30.3 Å². The molecule has 2 aliphatic rings. The minimum absolute atomic E-state index is 0.284. The van der Waals surface area contributed by atoms with Gasteiger partial charge in [0.2, 0.25) is 0 Å². The van der Waals surface area contributed by atoms with Crippen molar-refractivity contribution in [1.82, 2.24) is 9.80 Å². The number of aliphatic carboxylic acids is 2. The number of nitrogens with zero attached hydrogens (tertiary/aromatic N) is 3. The average molecular weight is 464 g/mol. The van der Waals surface area contributed by atoms with Gasteiger partial charge in [-0.15, -0.1) is 0 Å². The standard InChI is InChI=1S/C24H21N3O5S/c1-26-9-11-27(12-10-26)22-21-20-14(15(23(30)31)13-19(28)29)5-4-8-18(20)33-24(21)32-17-7-3-2-6-16(17)25-22/h2-8,13H,9-12H2,1H3,(H,28,29)(H,30,31). The van der Waals surface area contributed by atoms with Crippen molar-refractivity contribution in [3.05, 3.63) is 59.7 Å². The topological polar surface area (TPSA) is 103 Å². The summed E-state index contributed by atoms with van der Waals surface area (Å²) in [5.74, 6) is -1.29. The Morgan fingerprint density at radius 3 is 2.55 bits per heavy atom. The summed E-state index contributed by atoms with van der Waals surface area (Å²) in [6.07, 6.45) is 0.736. The zero-order chi connectivity index (χ0) is 23.1. The lowest BCUT2D eigenvalue weighted by Gasteiger charge is -2.34. The highest BCUT2D eigenvalue weighted by atomic mass is 32.1. The molecule has 1 aromatic heterocycles. The Hall–Kier alpha value is -3.69. The molecule has 0 spiro atoms. The molecule has 1 saturated heterocycles. The van der Waals surface area contributed by atoms with E-state index in [2.05, 4.69) is 16.8 Å². The first-order chi connectivity index (χ1) is 15.9. The summed E-state index contributed by atoms with van der Waals surface area (Å²) in [7, 11) is 2.07. The molecule has 0 bridgehead atoms. The highest BCUT2D eigenvalue weighted by Crippen LogP contribution is 2.47. The van der Waals surface area contributed by atoms with Crippen molar-refractivity contribution in [3.8, 4) is 10.8 Å². The normalized spacial score (nSPS) is 16.5. The number of aliphatic imine (C=N–C) groups is 1. The van der Waals surface area contributed by atoms with Crippen LogP contribution in [0.1, 0.15) is 11.1 Å². The number of amidine groups is 1. The molecule has 8 nitrogen and oxygen atoms in total. The molecule has 0 amide bonds. The SMILES string of the molecule is CN1CCN(C2=Nc3ccccc3Oc3sc4cccc(C(=CC(=O)O)C(=O)O)c4c32)CC1. The first-order valence-corrected chi connectivity index (χ1v) is 11.3. The second-order valence-corrected chi connectivity index (χ2v) is 8.95. The molecule has 0 saturated carbocycles. The van der Waals surface area contributed by atoms with E-state index in [0.717, 1.165) is 37.0 Å². The maximum absolute atomic E-state index is 12.0. The van der Waals surface area contributed by atoms with Crippen LogP contribution in [0.15, 0.2) is 53.5 Å². The molecule has 0 unspecified atom stereocenters. The third-order valence-corrected chi connectivity index (χ3v) is 6.83. The van der Waals surface area contributed by atoms with Gasteiger partial charge in [0, 0.05) is 42.3 Å². The molecule has 2 aromatic carbocycles. The molecular formula is C24H21N3O5S. The molecule has 9 heteroatoms. The molecule has 1 fully saturated rings. The van der Waals surface area contributed by atoms with Gasteiger partial charge in [-0.3, -0.25) is 0 Å². The molecule has 3 aromatic rings. The molecule has 2 aliphatic heterocycles. The number of para-hydroxylation sites is 2. The minimum atomic E-state index is -1.32. The van der Waals surface area contributed by atoms with Crippen LogP contribution in [-0.4, -0.2) is 71.0 Å². The van der Waals surface area contributed by atoms with E-state index in [-0.39, 0.29) is 5.57 Å². The summed E-state index contributed by atoms with van der Waals surface area (Å²) in [5.41, 5.74) is 1.44. The van der Waals surface area contributed by atoms with E-state index in [1.165, 1.54) is 11.3 Å². The number of fused-ring (bicyclic) bond motifs is 4. The van der Waals surface area contributed by atoms with Crippen LogP contribution in [0, 0.1) is 0 Å². The molecular weight excluding hydrogens is 442 g/mol. The van der Waals surface area contributed by atoms with E-state index >= 15 is 0 Å². The van der Waals surface area contributed by atoms with Crippen molar-refractivity contribution in [3.63, 3.8) is 0 Å². The van der Waals surface area contributed by atoms with Gasteiger partial charge in [0.15, 0.2) is 10.8 Å². The third-order valence-electron chi connectivity index (χ3n) is 5.79. The predicted octanol–water partition coefficient (Wildman–Crippen LogP) is 3.89. The lowest BCUT2D eigenvalue weighted by atomic mass is 9.97. The Morgan fingerprint density at radius 2 is 1.82 bits per heavy atom. The van der Waals surface area contributed by atoms with E-state index in [4.69, 9.17) is 9.73 Å². The van der Waals surface area contributed by atoms with Crippen LogP contribution in [0.25, 0.3) is 15.7 Å². The highest BCUT2D eigenvalue weighted by molar-refractivity contribution is 7.21. The van der Waals surface area contributed by atoms with Gasteiger partial charge in [0.25, 0.3) is 0 Å². The number of benzene rings is 2. The van der Waals surface area contributed by atoms with E-state index in [9.17, 15) is 19.8 Å². The van der Waals surface area contributed by atoms with Crippen LogP contribution in [0.4, 0.5) is 5.69 Å². The number of hydrogen-bond acceptors (Lipinski definition) is 7. The Balaban J connectivity index is 1.79. The smallest absolute Gasteiger partial charge is 0.336 e. The van der Waals surface area contributed by atoms with Gasteiger partial charge < -0.3 is 24.7 Å². The second kappa shape index (κ2) is 8.34. The number of thiophene rings is 1. The lowest BCUT2D eigenvalue weighted by molar-refractivity contribution is -0.133. The molecule has 0 aliphatic carbocycles. The number of carboxylic acid groups (broad SMARTS) is 2. The summed E-state index contributed by atoms with van der Waals surface area (Å²) >= 11 is 1.40. The number of carbonyl (C=O) groups is 2. The summed E-state index contributed by atoms with van der Waals surface area (Å²) < 4.78 is 7.09. The van der Waals surface area contributed by atoms with Crippen LogP contribution >= 0.6 is 11.3 Å². The fourth-order valence-corrected chi connectivity index (χ4v) is 5.24. The predicted molar refractivity (Wildman–Crippen MR) is 127 cm³/mol. The molecule has 5 rings (SSSR count). The zero-order valence-electron chi connectivity index (χ0n) is 17.8. The van der Waals surface area contributed by atoms with E-state index in [0.29, 0.717) is 38.8 Å². The molecule has 168 valence electrons. The average Bonchev–Trinajstić information content (AvgIpc) is 3.07. The van der Waals surface area contributed by atoms with Gasteiger partial charge in [-0.1, -0.05) is 35.6 Å². The summed E-state index contributed by atoms with van der Waals surface area (Å²) in [4.78, 5) is 32.8. The van der Waals surface area contributed by atoms with Crippen LogP contribution in [0.2, 0.25) is 0 Å². The molecule has 33 heavy (non-hydrogen) atoms. The molecule has 3 heterocycles. The Kier molecular flexibility index (Phi) is 5.35. The van der Waals surface area contributed by atoms with Gasteiger partial charge in [0.1, 0.15) is 11.5 Å². The van der Waals surface area contributed by atoms with Crippen molar-refractivity contribution in [2.45, 2.75) is 0 Å². The van der Waals surface area contributed by atoms with Crippen molar-refractivity contribution >= 4 is 50.5 Å². The van der Waals surface area contributed by atoms with Crippen LogP contribution in [0.5, 0.6) is 10.8 Å².